The first kappa shape index (κ1) is 15.8. The van der Waals surface area contributed by atoms with Gasteiger partial charge >= 0.3 is 0 Å². The second-order valence-corrected chi connectivity index (χ2v) is 5.55. The summed E-state index contributed by atoms with van der Waals surface area (Å²) in [5.41, 5.74) is 2.00. The lowest BCUT2D eigenvalue weighted by Gasteiger charge is -2.10. The molecule has 0 aliphatic rings. The van der Waals surface area contributed by atoms with Crippen LogP contribution in [0, 0.1) is 0 Å². The fourth-order valence-electron chi connectivity index (χ4n) is 2.65. The number of benzene rings is 2. The molecule has 0 fully saturated rings. The standard InChI is InChI=1S/C19H15N5O2/c1-26-16-6-3-2-5-15(16)21-18(25)14-9-7-13(8-10-14)17-22-23-19-20-11-4-12-24(17)19/h2-12H,1H3,(H,21,25). The molecule has 26 heavy (non-hydrogen) atoms. The number of carbonyl (C=O) groups is 1. The zero-order valence-corrected chi connectivity index (χ0v) is 14.0. The van der Waals surface area contributed by atoms with Gasteiger partial charge in [0.2, 0.25) is 0 Å². The fraction of sp³-hybridized carbons (Fsp3) is 0.0526. The summed E-state index contributed by atoms with van der Waals surface area (Å²) in [7, 11) is 1.57. The molecule has 2 heterocycles. The van der Waals surface area contributed by atoms with E-state index in [0.717, 1.165) is 5.56 Å². The molecule has 1 amide bonds. The first-order valence-corrected chi connectivity index (χ1v) is 7.97. The van der Waals surface area contributed by atoms with Crippen LogP contribution in [-0.4, -0.2) is 32.6 Å². The summed E-state index contributed by atoms with van der Waals surface area (Å²) in [5.74, 6) is 1.60. The summed E-state index contributed by atoms with van der Waals surface area (Å²) in [6, 6.07) is 16.3. The summed E-state index contributed by atoms with van der Waals surface area (Å²) in [6.07, 6.45) is 3.51. The minimum atomic E-state index is -0.214. The molecule has 0 saturated carbocycles. The van der Waals surface area contributed by atoms with Crippen LogP contribution in [-0.2, 0) is 0 Å². The van der Waals surface area contributed by atoms with Crippen LogP contribution in [0.15, 0.2) is 67.0 Å². The van der Waals surface area contributed by atoms with Gasteiger partial charge in [0.25, 0.3) is 11.7 Å². The molecule has 0 unspecified atom stereocenters. The van der Waals surface area contributed by atoms with Crippen molar-refractivity contribution in [3.8, 4) is 17.1 Å². The van der Waals surface area contributed by atoms with E-state index in [2.05, 4.69) is 20.5 Å². The molecule has 1 N–H and O–H groups in total. The number of fused-ring (bicyclic) bond motifs is 1. The van der Waals surface area contributed by atoms with Gasteiger partial charge in [0, 0.05) is 23.5 Å². The normalized spacial score (nSPS) is 10.7. The Morgan fingerprint density at radius 2 is 1.85 bits per heavy atom. The summed E-state index contributed by atoms with van der Waals surface area (Å²) in [4.78, 5) is 16.6. The Labute approximate surface area is 149 Å². The van der Waals surface area contributed by atoms with Crippen molar-refractivity contribution in [1.82, 2.24) is 19.6 Å². The molecule has 0 bridgehead atoms. The highest BCUT2D eigenvalue weighted by atomic mass is 16.5. The van der Waals surface area contributed by atoms with E-state index in [4.69, 9.17) is 4.74 Å². The smallest absolute Gasteiger partial charge is 0.255 e. The quantitative estimate of drug-likeness (QED) is 0.615. The predicted octanol–water partition coefficient (Wildman–Crippen LogP) is 3.05. The van der Waals surface area contributed by atoms with Gasteiger partial charge in [-0.1, -0.05) is 24.3 Å². The lowest BCUT2D eigenvalue weighted by Crippen LogP contribution is -2.12. The highest BCUT2D eigenvalue weighted by molar-refractivity contribution is 6.05. The van der Waals surface area contributed by atoms with Gasteiger partial charge in [-0.3, -0.25) is 9.20 Å². The molecule has 0 saturated heterocycles. The molecule has 7 heteroatoms. The SMILES string of the molecule is COc1ccccc1NC(=O)c1ccc(-c2nnc3ncccn23)cc1. The molecule has 2 aromatic heterocycles. The number of methoxy groups -OCH3 is 1. The van der Waals surface area contributed by atoms with Crippen molar-refractivity contribution in [2.45, 2.75) is 0 Å². The molecule has 0 radical (unpaired) electrons. The number of aromatic nitrogens is 4. The van der Waals surface area contributed by atoms with Gasteiger partial charge in [-0.25, -0.2) is 4.98 Å². The molecular formula is C19H15N5O2. The molecule has 0 spiro atoms. The van der Waals surface area contributed by atoms with E-state index in [-0.39, 0.29) is 5.91 Å². The van der Waals surface area contributed by atoms with E-state index in [1.54, 1.807) is 42.0 Å². The van der Waals surface area contributed by atoms with Crippen LogP contribution in [0.4, 0.5) is 5.69 Å². The number of amides is 1. The first-order chi connectivity index (χ1) is 12.8. The van der Waals surface area contributed by atoms with Crippen molar-refractivity contribution in [2.75, 3.05) is 12.4 Å². The van der Waals surface area contributed by atoms with Gasteiger partial charge in [0.05, 0.1) is 12.8 Å². The van der Waals surface area contributed by atoms with Gasteiger partial charge in [0.15, 0.2) is 5.82 Å². The van der Waals surface area contributed by atoms with E-state index in [1.807, 2.05) is 36.5 Å². The first-order valence-electron chi connectivity index (χ1n) is 7.97. The topological polar surface area (TPSA) is 81.4 Å². The minimum Gasteiger partial charge on any atom is -0.495 e. The number of ether oxygens (including phenoxy) is 1. The average Bonchev–Trinajstić information content (AvgIpc) is 3.12. The number of anilines is 1. The number of nitrogens with zero attached hydrogens (tertiary/aromatic N) is 4. The molecule has 128 valence electrons. The number of rotatable bonds is 4. The van der Waals surface area contributed by atoms with Gasteiger partial charge in [0.1, 0.15) is 5.75 Å². The zero-order chi connectivity index (χ0) is 17.9. The maximum atomic E-state index is 12.5. The highest BCUT2D eigenvalue weighted by Gasteiger charge is 2.12. The van der Waals surface area contributed by atoms with E-state index in [0.29, 0.717) is 28.6 Å². The van der Waals surface area contributed by atoms with Crippen LogP contribution in [0.2, 0.25) is 0 Å². The Kier molecular flexibility index (Phi) is 4.03. The summed E-state index contributed by atoms with van der Waals surface area (Å²) in [6.45, 7) is 0. The largest absolute Gasteiger partial charge is 0.495 e. The zero-order valence-electron chi connectivity index (χ0n) is 14.0. The predicted molar refractivity (Wildman–Crippen MR) is 97.2 cm³/mol. The van der Waals surface area contributed by atoms with E-state index in [1.165, 1.54) is 0 Å². The van der Waals surface area contributed by atoms with Gasteiger partial charge in [-0.15, -0.1) is 10.2 Å². The van der Waals surface area contributed by atoms with Crippen molar-refractivity contribution >= 4 is 17.4 Å². The number of hydrogen-bond donors (Lipinski definition) is 1. The summed E-state index contributed by atoms with van der Waals surface area (Å²) >= 11 is 0. The molecular weight excluding hydrogens is 330 g/mol. The van der Waals surface area contributed by atoms with Gasteiger partial charge in [-0.05, 0) is 30.3 Å². The molecule has 4 aromatic rings. The average molecular weight is 345 g/mol. The van der Waals surface area contributed by atoms with Gasteiger partial charge < -0.3 is 10.1 Å². The van der Waals surface area contributed by atoms with Crippen molar-refractivity contribution in [1.29, 1.82) is 0 Å². The Bertz CT molecular complexity index is 1070. The van der Waals surface area contributed by atoms with E-state index < -0.39 is 0 Å². The third-order valence-electron chi connectivity index (χ3n) is 3.95. The molecule has 7 nitrogen and oxygen atoms in total. The van der Waals surface area contributed by atoms with Crippen LogP contribution in [0.1, 0.15) is 10.4 Å². The monoisotopic (exact) mass is 345 g/mol. The highest BCUT2D eigenvalue weighted by Crippen LogP contribution is 2.24. The second kappa shape index (κ2) is 6.64. The van der Waals surface area contributed by atoms with Crippen LogP contribution in [0.25, 0.3) is 17.2 Å². The number of hydrogen-bond acceptors (Lipinski definition) is 5. The molecule has 2 aromatic carbocycles. The third kappa shape index (κ3) is 2.86. The van der Waals surface area contributed by atoms with Crippen LogP contribution in [0.5, 0.6) is 5.75 Å². The van der Waals surface area contributed by atoms with E-state index in [9.17, 15) is 4.79 Å². The third-order valence-corrected chi connectivity index (χ3v) is 3.95. The molecule has 4 rings (SSSR count). The molecule has 0 aliphatic carbocycles. The van der Waals surface area contributed by atoms with Crippen LogP contribution >= 0.6 is 0 Å². The second-order valence-electron chi connectivity index (χ2n) is 5.55. The molecule has 0 aliphatic heterocycles. The number of nitrogens with one attached hydrogen (secondary N) is 1. The van der Waals surface area contributed by atoms with Crippen molar-refractivity contribution in [2.24, 2.45) is 0 Å². The van der Waals surface area contributed by atoms with Crippen LogP contribution < -0.4 is 10.1 Å². The maximum Gasteiger partial charge on any atom is 0.255 e. The number of para-hydroxylation sites is 2. The lowest BCUT2D eigenvalue weighted by atomic mass is 10.1. The fourth-order valence-corrected chi connectivity index (χ4v) is 2.65. The summed E-state index contributed by atoms with van der Waals surface area (Å²) < 4.78 is 7.05. The Morgan fingerprint density at radius 1 is 1.04 bits per heavy atom. The van der Waals surface area contributed by atoms with Crippen molar-refractivity contribution in [3.05, 3.63) is 72.6 Å². The molecule has 0 atom stereocenters. The van der Waals surface area contributed by atoms with Crippen molar-refractivity contribution < 1.29 is 9.53 Å². The van der Waals surface area contributed by atoms with Crippen LogP contribution in [0.3, 0.4) is 0 Å². The maximum absolute atomic E-state index is 12.5. The van der Waals surface area contributed by atoms with Crippen molar-refractivity contribution in [3.63, 3.8) is 0 Å². The summed E-state index contributed by atoms with van der Waals surface area (Å²) in [5, 5.41) is 11.1. The minimum absolute atomic E-state index is 0.214. The number of carbonyl (C=O) groups excluding carboxylic acids is 1. The Balaban J connectivity index is 1.58. The van der Waals surface area contributed by atoms with E-state index >= 15 is 0 Å². The Hall–Kier alpha value is -3.74. The lowest BCUT2D eigenvalue weighted by molar-refractivity contribution is 0.102. The Morgan fingerprint density at radius 3 is 2.65 bits per heavy atom. The van der Waals surface area contributed by atoms with Gasteiger partial charge in [-0.2, -0.15) is 0 Å².